The Morgan fingerprint density at radius 1 is 1.33 bits per heavy atom. The van der Waals surface area contributed by atoms with Crippen LogP contribution >= 0.6 is 0 Å². The largest absolute Gasteiger partial charge is 0.387 e. The molecule has 2 fully saturated rings. The third kappa shape index (κ3) is 3.63. The van der Waals surface area contributed by atoms with E-state index in [1.165, 1.54) is 0 Å². The minimum absolute atomic E-state index is 0.0801. The minimum atomic E-state index is -0.810. The molecule has 2 saturated heterocycles. The van der Waals surface area contributed by atoms with Crippen molar-refractivity contribution in [2.24, 2.45) is 0 Å². The number of likely N-dealkylation sites (tertiary alicyclic amines) is 1. The number of hydrogen-bond donors (Lipinski definition) is 1. The molecule has 2 aliphatic heterocycles. The molecule has 1 atom stereocenters. The van der Waals surface area contributed by atoms with Crippen molar-refractivity contribution in [1.82, 2.24) is 4.90 Å². The number of carbonyl (C=O) groups is 1. The van der Waals surface area contributed by atoms with Gasteiger partial charge in [0.1, 0.15) is 0 Å². The number of rotatable bonds is 3. The normalized spacial score (nSPS) is 26.5. The highest BCUT2D eigenvalue weighted by molar-refractivity contribution is 5.94. The summed E-state index contributed by atoms with van der Waals surface area (Å²) in [7, 11) is 1.61. The van der Waals surface area contributed by atoms with Gasteiger partial charge in [-0.05, 0) is 31.9 Å². The molecule has 5 nitrogen and oxygen atoms in total. The topological polar surface area (TPSA) is 59.0 Å². The van der Waals surface area contributed by atoms with Gasteiger partial charge in [-0.15, -0.1) is 0 Å². The number of amides is 1. The van der Waals surface area contributed by atoms with E-state index in [1.54, 1.807) is 7.11 Å². The number of nitrogens with zero attached hydrogens (tertiary/aromatic N) is 1. The summed E-state index contributed by atoms with van der Waals surface area (Å²) in [5.41, 5.74) is 0.700. The van der Waals surface area contributed by atoms with E-state index in [9.17, 15) is 9.90 Å². The molecule has 2 heterocycles. The fraction of sp³-hybridized carbons (Fsp3) is 0.632. The van der Waals surface area contributed by atoms with Gasteiger partial charge in [0, 0.05) is 38.6 Å². The van der Waals surface area contributed by atoms with Gasteiger partial charge in [-0.25, -0.2) is 0 Å². The molecular weight excluding hydrogens is 306 g/mol. The molecule has 0 saturated carbocycles. The van der Waals surface area contributed by atoms with Gasteiger partial charge >= 0.3 is 0 Å². The summed E-state index contributed by atoms with van der Waals surface area (Å²) >= 11 is 0. The van der Waals surface area contributed by atoms with Crippen LogP contribution in [0.5, 0.6) is 0 Å². The molecule has 1 aromatic carbocycles. The second-order valence-corrected chi connectivity index (χ2v) is 7.28. The van der Waals surface area contributed by atoms with Crippen molar-refractivity contribution in [2.45, 2.75) is 43.8 Å². The summed E-state index contributed by atoms with van der Waals surface area (Å²) < 4.78 is 11.2. The minimum Gasteiger partial charge on any atom is -0.387 e. The van der Waals surface area contributed by atoms with Crippen LogP contribution in [-0.2, 0) is 9.47 Å². The van der Waals surface area contributed by atoms with E-state index in [2.05, 4.69) is 0 Å². The summed E-state index contributed by atoms with van der Waals surface area (Å²) in [6.07, 6.45) is 2.71. The van der Waals surface area contributed by atoms with Gasteiger partial charge < -0.3 is 19.5 Å². The lowest BCUT2D eigenvalue weighted by Gasteiger charge is -2.49. The Morgan fingerprint density at radius 3 is 2.75 bits per heavy atom. The molecule has 3 rings (SSSR count). The van der Waals surface area contributed by atoms with Crippen LogP contribution in [0.3, 0.4) is 0 Å². The first-order valence-electron chi connectivity index (χ1n) is 8.67. The van der Waals surface area contributed by atoms with E-state index in [-0.39, 0.29) is 11.5 Å². The summed E-state index contributed by atoms with van der Waals surface area (Å²) in [5, 5.41) is 10.7. The van der Waals surface area contributed by atoms with E-state index >= 15 is 0 Å². The molecule has 24 heavy (non-hydrogen) atoms. The molecule has 1 amide bonds. The number of aryl methyl sites for hydroxylation is 1. The third-order valence-corrected chi connectivity index (χ3v) is 5.27. The monoisotopic (exact) mass is 333 g/mol. The van der Waals surface area contributed by atoms with Crippen molar-refractivity contribution in [3.63, 3.8) is 0 Å². The number of aliphatic hydroxyl groups is 1. The Labute approximate surface area is 143 Å². The molecule has 1 unspecified atom stereocenters. The first-order chi connectivity index (χ1) is 11.5. The van der Waals surface area contributed by atoms with E-state index in [4.69, 9.17) is 9.47 Å². The number of piperidine rings is 1. The zero-order valence-corrected chi connectivity index (χ0v) is 14.6. The highest BCUT2D eigenvalue weighted by Gasteiger charge is 2.47. The van der Waals surface area contributed by atoms with Crippen molar-refractivity contribution in [3.05, 3.63) is 35.4 Å². The molecule has 0 bridgehead atoms. The van der Waals surface area contributed by atoms with Gasteiger partial charge in [0.2, 0.25) is 0 Å². The van der Waals surface area contributed by atoms with Gasteiger partial charge in [-0.1, -0.05) is 17.7 Å². The lowest BCUT2D eigenvalue weighted by molar-refractivity contribution is -0.189. The van der Waals surface area contributed by atoms with Crippen molar-refractivity contribution < 1.29 is 19.4 Å². The van der Waals surface area contributed by atoms with Crippen LogP contribution < -0.4 is 0 Å². The Morgan fingerprint density at radius 2 is 2.08 bits per heavy atom. The van der Waals surface area contributed by atoms with Crippen LogP contribution in [0.1, 0.15) is 41.6 Å². The van der Waals surface area contributed by atoms with Crippen molar-refractivity contribution in [2.75, 3.05) is 33.4 Å². The third-order valence-electron chi connectivity index (χ3n) is 5.27. The van der Waals surface area contributed by atoms with Crippen LogP contribution in [0.4, 0.5) is 0 Å². The second-order valence-electron chi connectivity index (χ2n) is 7.28. The maximum atomic E-state index is 12.7. The molecule has 1 N–H and O–H groups in total. The lowest BCUT2D eigenvalue weighted by Crippen LogP contribution is -2.56. The van der Waals surface area contributed by atoms with E-state index in [1.807, 2.05) is 36.1 Å². The average Bonchev–Trinajstić information content (AvgIpc) is 2.55. The summed E-state index contributed by atoms with van der Waals surface area (Å²) in [6, 6.07) is 7.72. The van der Waals surface area contributed by atoms with Crippen molar-refractivity contribution >= 4 is 5.91 Å². The SMILES string of the molecule is COCC1(O)CCOC2(CCN(C(=O)c3cccc(C)c3)CC2)C1. The predicted molar refractivity (Wildman–Crippen MR) is 91.1 cm³/mol. The zero-order chi connectivity index (χ0) is 17.2. The molecule has 2 aliphatic rings. The van der Waals surface area contributed by atoms with Gasteiger partial charge in [0.15, 0.2) is 0 Å². The van der Waals surface area contributed by atoms with Crippen LogP contribution in [-0.4, -0.2) is 60.5 Å². The molecule has 132 valence electrons. The second kappa shape index (κ2) is 6.82. The van der Waals surface area contributed by atoms with Crippen LogP contribution in [0, 0.1) is 6.92 Å². The maximum absolute atomic E-state index is 12.7. The summed E-state index contributed by atoms with van der Waals surface area (Å²) in [6.45, 7) is 4.20. The molecule has 0 aromatic heterocycles. The highest BCUT2D eigenvalue weighted by Crippen LogP contribution is 2.39. The van der Waals surface area contributed by atoms with Gasteiger partial charge in [-0.2, -0.15) is 0 Å². The van der Waals surface area contributed by atoms with Gasteiger partial charge in [-0.3, -0.25) is 4.79 Å². The fourth-order valence-corrected chi connectivity index (χ4v) is 3.99. The van der Waals surface area contributed by atoms with Gasteiger partial charge in [0.25, 0.3) is 5.91 Å². The Kier molecular flexibility index (Phi) is 4.95. The van der Waals surface area contributed by atoms with Crippen LogP contribution in [0.2, 0.25) is 0 Å². The fourth-order valence-electron chi connectivity index (χ4n) is 3.99. The standard InChI is InChI=1S/C19H27NO4/c1-15-4-3-5-16(12-15)17(21)20-9-6-19(7-10-20)13-18(22,14-23-2)8-11-24-19/h3-5,12,22H,6-11,13-14H2,1-2H3. The predicted octanol–water partition coefficient (Wildman–Crippen LogP) is 2.16. The first-order valence-corrected chi connectivity index (χ1v) is 8.67. The highest BCUT2D eigenvalue weighted by atomic mass is 16.5. The Hall–Kier alpha value is -1.43. The molecule has 1 aromatic rings. The van der Waals surface area contributed by atoms with Crippen molar-refractivity contribution in [1.29, 1.82) is 0 Å². The molecule has 1 spiro atoms. The quantitative estimate of drug-likeness (QED) is 0.921. The van der Waals surface area contributed by atoms with Crippen LogP contribution in [0.15, 0.2) is 24.3 Å². The number of benzene rings is 1. The average molecular weight is 333 g/mol. The molecule has 5 heteroatoms. The maximum Gasteiger partial charge on any atom is 0.253 e. The van der Waals surface area contributed by atoms with Crippen molar-refractivity contribution in [3.8, 4) is 0 Å². The van der Waals surface area contributed by atoms with Crippen LogP contribution in [0.25, 0.3) is 0 Å². The molecule has 0 radical (unpaired) electrons. The number of ether oxygens (including phenoxy) is 2. The zero-order valence-electron chi connectivity index (χ0n) is 14.6. The lowest BCUT2D eigenvalue weighted by atomic mass is 9.77. The number of carbonyl (C=O) groups excluding carboxylic acids is 1. The number of methoxy groups -OCH3 is 1. The Balaban J connectivity index is 1.64. The summed E-state index contributed by atoms with van der Waals surface area (Å²) in [4.78, 5) is 14.6. The van der Waals surface area contributed by atoms with E-state index in [0.29, 0.717) is 39.1 Å². The number of hydrogen-bond acceptors (Lipinski definition) is 4. The summed E-state index contributed by atoms with van der Waals surface area (Å²) in [5.74, 6) is 0.0801. The van der Waals surface area contributed by atoms with E-state index < -0.39 is 5.60 Å². The smallest absolute Gasteiger partial charge is 0.253 e. The molecular formula is C19H27NO4. The van der Waals surface area contributed by atoms with Gasteiger partial charge in [0.05, 0.1) is 24.4 Å². The first kappa shape index (κ1) is 17.4. The Bertz CT molecular complexity index is 591. The molecule has 0 aliphatic carbocycles. The van der Waals surface area contributed by atoms with E-state index in [0.717, 1.165) is 24.0 Å².